The third-order valence-electron chi connectivity index (χ3n) is 1.02. The van der Waals surface area contributed by atoms with E-state index in [2.05, 4.69) is 10.2 Å². The number of carbonyl (C=O) groups is 1. The first-order valence-electron chi connectivity index (χ1n) is 2.32. The number of hydrogen-bond acceptors (Lipinski definition) is 3. The van der Waals surface area contributed by atoms with Crippen molar-refractivity contribution in [2.45, 2.75) is 0 Å². The van der Waals surface area contributed by atoms with Gasteiger partial charge in [0.1, 0.15) is 0 Å². The second kappa shape index (κ2) is 2.10. The number of carbonyl (C=O) groups excluding carboxylic acids is 1. The molecule has 1 heterocycles. The highest BCUT2D eigenvalue weighted by Crippen LogP contribution is 1.87. The molecule has 48 valence electrons. The van der Waals surface area contributed by atoms with Crippen molar-refractivity contribution in [1.82, 2.24) is 14.8 Å². The summed E-state index contributed by atoms with van der Waals surface area (Å²) in [4.78, 5) is 10.1. The van der Waals surface area contributed by atoms with Crippen LogP contribution in [0.25, 0.3) is 0 Å². The van der Waals surface area contributed by atoms with E-state index in [1.165, 1.54) is 4.57 Å². The van der Waals surface area contributed by atoms with Gasteiger partial charge in [-0.1, -0.05) is 0 Å². The fourth-order valence-electron chi connectivity index (χ4n) is 0.465. The summed E-state index contributed by atoms with van der Waals surface area (Å²) in [6.45, 7) is 0. The monoisotopic (exact) mass is 143 g/mol. The lowest BCUT2D eigenvalue weighted by atomic mass is 10.7. The number of hydrogen-bond donors (Lipinski definition) is 1. The van der Waals surface area contributed by atoms with Crippen LogP contribution in [0.5, 0.6) is 0 Å². The minimum atomic E-state index is 0.319. The van der Waals surface area contributed by atoms with Gasteiger partial charge in [0.15, 0.2) is 16.9 Å². The van der Waals surface area contributed by atoms with Crippen molar-refractivity contribution in [3.63, 3.8) is 0 Å². The molecule has 0 saturated heterocycles. The summed E-state index contributed by atoms with van der Waals surface area (Å²) in [5.41, 5.74) is 0. The normalized spacial score (nSPS) is 9.44. The van der Waals surface area contributed by atoms with Crippen molar-refractivity contribution in [1.29, 1.82) is 0 Å². The van der Waals surface area contributed by atoms with Crippen LogP contribution >= 0.6 is 12.2 Å². The van der Waals surface area contributed by atoms with Crippen LogP contribution < -0.4 is 0 Å². The molecule has 0 aliphatic rings. The predicted molar refractivity (Wildman–Crippen MR) is 33.8 cm³/mol. The van der Waals surface area contributed by atoms with Gasteiger partial charge in [0.05, 0.1) is 0 Å². The molecule has 5 heteroatoms. The summed E-state index contributed by atoms with van der Waals surface area (Å²) >= 11 is 4.73. The number of aromatic nitrogens is 3. The maximum absolute atomic E-state index is 10.1. The molecule has 0 saturated carbocycles. The summed E-state index contributed by atoms with van der Waals surface area (Å²) in [5.74, 6) is 0.319. The molecule has 1 aromatic heterocycles. The van der Waals surface area contributed by atoms with Gasteiger partial charge < -0.3 is 4.57 Å². The quantitative estimate of drug-likeness (QED) is 0.454. The van der Waals surface area contributed by atoms with Crippen LogP contribution in [0.1, 0.15) is 10.6 Å². The maximum Gasteiger partial charge on any atom is 0.195 e. The standard InChI is InChI=1S/C4H5N3OS/c1-7-3(2-8)5-6-4(7)9/h2H,1H3,(H,6,9). The molecule has 0 unspecified atom stereocenters. The molecule has 0 aliphatic heterocycles. The average Bonchev–Trinajstić information content (AvgIpc) is 2.15. The Morgan fingerprint density at radius 3 is 2.78 bits per heavy atom. The van der Waals surface area contributed by atoms with Gasteiger partial charge in [-0.05, 0) is 12.2 Å². The number of nitrogens with zero attached hydrogens (tertiary/aromatic N) is 2. The number of rotatable bonds is 1. The number of aldehydes is 1. The van der Waals surface area contributed by atoms with Crippen LogP contribution in [0.15, 0.2) is 0 Å². The fourth-order valence-corrected chi connectivity index (χ4v) is 0.604. The van der Waals surface area contributed by atoms with Crippen molar-refractivity contribution >= 4 is 18.5 Å². The summed E-state index contributed by atoms with van der Waals surface area (Å²) in [6.07, 6.45) is 0.645. The van der Waals surface area contributed by atoms with E-state index in [9.17, 15) is 4.79 Å². The summed E-state index contributed by atoms with van der Waals surface area (Å²) in [5, 5.41) is 6.08. The molecule has 4 nitrogen and oxygen atoms in total. The van der Waals surface area contributed by atoms with E-state index in [1.54, 1.807) is 7.05 Å². The molecule has 0 amide bonds. The maximum atomic E-state index is 10.1. The first kappa shape index (κ1) is 6.15. The van der Waals surface area contributed by atoms with Gasteiger partial charge in [0.25, 0.3) is 0 Å². The Bertz CT molecular complexity index is 274. The molecule has 0 radical (unpaired) electrons. The zero-order chi connectivity index (χ0) is 6.85. The lowest BCUT2D eigenvalue weighted by Gasteiger charge is -1.85. The molecule has 0 fully saturated rings. The van der Waals surface area contributed by atoms with E-state index in [-0.39, 0.29) is 0 Å². The van der Waals surface area contributed by atoms with Gasteiger partial charge in [-0.2, -0.15) is 5.10 Å². The van der Waals surface area contributed by atoms with Gasteiger partial charge in [0, 0.05) is 7.05 Å². The van der Waals surface area contributed by atoms with Crippen molar-refractivity contribution in [2.75, 3.05) is 0 Å². The zero-order valence-electron chi connectivity index (χ0n) is 4.79. The van der Waals surface area contributed by atoms with Crippen LogP contribution in [-0.4, -0.2) is 21.1 Å². The third kappa shape index (κ3) is 0.904. The van der Waals surface area contributed by atoms with E-state index in [0.717, 1.165) is 0 Å². The van der Waals surface area contributed by atoms with Crippen LogP contribution in [0.2, 0.25) is 0 Å². The molecule has 0 aliphatic carbocycles. The highest BCUT2D eigenvalue weighted by Gasteiger charge is 1.96. The van der Waals surface area contributed by atoms with Crippen molar-refractivity contribution in [2.24, 2.45) is 7.05 Å². The molecule has 9 heavy (non-hydrogen) atoms. The Kier molecular flexibility index (Phi) is 1.44. The topological polar surface area (TPSA) is 50.7 Å². The van der Waals surface area contributed by atoms with E-state index in [4.69, 9.17) is 12.2 Å². The third-order valence-corrected chi connectivity index (χ3v) is 1.38. The van der Waals surface area contributed by atoms with Gasteiger partial charge >= 0.3 is 0 Å². The molecule has 0 bridgehead atoms. The van der Waals surface area contributed by atoms with Crippen molar-refractivity contribution < 1.29 is 4.79 Å². The smallest absolute Gasteiger partial charge is 0.195 e. The zero-order valence-corrected chi connectivity index (χ0v) is 5.60. The highest BCUT2D eigenvalue weighted by atomic mass is 32.1. The second-order valence-electron chi connectivity index (χ2n) is 1.56. The van der Waals surface area contributed by atoms with E-state index < -0.39 is 0 Å². The summed E-state index contributed by atoms with van der Waals surface area (Å²) in [6, 6.07) is 0. The first-order chi connectivity index (χ1) is 4.25. The van der Waals surface area contributed by atoms with Gasteiger partial charge in [-0.25, -0.2) is 0 Å². The van der Waals surface area contributed by atoms with Crippen LogP contribution in [0, 0.1) is 4.77 Å². The van der Waals surface area contributed by atoms with Crippen LogP contribution in [0.3, 0.4) is 0 Å². The predicted octanol–water partition coefficient (Wildman–Crippen LogP) is 0.290. The first-order valence-corrected chi connectivity index (χ1v) is 2.73. The lowest BCUT2D eigenvalue weighted by Crippen LogP contribution is -1.94. The number of aromatic amines is 1. The Balaban J connectivity index is 3.35. The Morgan fingerprint density at radius 2 is 2.56 bits per heavy atom. The van der Waals surface area contributed by atoms with E-state index in [0.29, 0.717) is 16.9 Å². The Hall–Kier alpha value is -0.970. The highest BCUT2D eigenvalue weighted by molar-refractivity contribution is 7.71. The molecular weight excluding hydrogens is 138 g/mol. The summed E-state index contributed by atoms with van der Waals surface area (Å²) < 4.78 is 1.96. The van der Waals surface area contributed by atoms with Gasteiger partial charge in [-0.15, -0.1) is 0 Å². The largest absolute Gasteiger partial charge is 0.301 e. The van der Waals surface area contributed by atoms with Crippen molar-refractivity contribution in [3.8, 4) is 0 Å². The number of H-pyrrole nitrogens is 1. The summed E-state index contributed by atoms with van der Waals surface area (Å²) in [7, 11) is 1.68. The van der Waals surface area contributed by atoms with E-state index in [1.807, 2.05) is 0 Å². The molecule has 1 rings (SSSR count). The van der Waals surface area contributed by atoms with Gasteiger partial charge in [-0.3, -0.25) is 9.89 Å². The van der Waals surface area contributed by atoms with E-state index >= 15 is 0 Å². The minimum Gasteiger partial charge on any atom is -0.301 e. The van der Waals surface area contributed by atoms with Crippen LogP contribution in [-0.2, 0) is 7.05 Å². The Labute approximate surface area is 56.5 Å². The molecule has 1 N–H and O–H groups in total. The second-order valence-corrected chi connectivity index (χ2v) is 1.95. The molecule has 0 spiro atoms. The van der Waals surface area contributed by atoms with Crippen molar-refractivity contribution in [3.05, 3.63) is 10.6 Å². The van der Waals surface area contributed by atoms with Gasteiger partial charge in [0.2, 0.25) is 0 Å². The van der Waals surface area contributed by atoms with Crippen LogP contribution in [0.4, 0.5) is 0 Å². The lowest BCUT2D eigenvalue weighted by molar-refractivity contribution is 0.111. The molecule has 0 aromatic carbocycles. The number of nitrogens with one attached hydrogen (secondary N) is 1. The minimum absolute atomic E-state index is 0.319. The molecular formula is C4H5N3OS. The average molecular weight is 143 g/mol. The Morgan fingerprint density at radius 1 is 1.89 bits per heavy atom. The molecule has 1 aromatic rings. The molecule has 0 atom stereocenters. The SMILES string of the molecule is Cn1c(C=O)n[nH]c1=S. The fraction of sp³-hybridized carbons (Fsp3) is 0.250.